The lowest BCUT2D eigenvalue weighted by atomic mass is 10.0. The zero-order chi connectivity index (χ0) is 29.6. The van der Waals surface area contributed by atoms with Gasteiger partial charge in [-0.1, -0.05) is 84.6 Å². The fourth-order valence-electron chi connectivity index (χ4n) is 5.00. The molecule has 0 unspecified atom stereocenters. The van der Waals surface area contributed by atoms with Crippen molar-refractivity contribution in [1.29, 1.82) is 0 Å². The Morgan fingerprint density at radius 2 is 1.66 bits per heavy atom. The van der Waals surface area contributed by atoms with Crippen molar-refractivity contribution in [2.24, 2.45) is 0 Å². The molecule has 0 aromatic heterocycles. The van der Waals surface area contributed by atoms with Crippen molar-refractivity contribution in [2.45, 2.75) is 50.7 Å². The predicted octanol–water partition coefficient (Wildman–Crippen LogP) is 5.60. The number of nitrogens with zero attached hydrogens (tertiary/aromatic N) is 2. The zero-order valence-electron chi connectivity index (χ0n) is 22.6. The van der Waals surface area contributed by atoms with Gasteiger partial charge in [-0.2, -0.15) is 0 Å². The van der Waals surface area contributed by atoms with Crippen LogP contribution in [0.15, 0.2) is 72.8 Å². The van der Waals surface area contributed by atoms with E-state index in [-0.39, 0.29) is 46.2 Å². The largest absolute Gasteiger partial charge is 0.352 e. The maximum absolute atomic E-state index is 14.9. The number of carbonyl (C=O) groups excluding carboxylic acids is 2. The van der Waals surface area contributed by atoms with Crippen LogP contribution in [0.5, 0.6) is 0 Å². The third-order valence-corrected chi connectivity index (χ3v) is 8.81. The van der Waals surface area contributed by atoms with Crippen LogP contribution in [0, 0.1) is 5.82 Å². The highest BCUT2D eigenvalue weighted by atomic mass is 35.5. The standard InChI is InChI=1S/C30H32Cl2FN3O4S/c1-41(39,40)36(27-18-23(31)15-16-25(27)32)20-29(37)35(19-22-11-5-8-14-26(22)33)28(17-21-9-3-2-4-10-21)30(38)34-24-12-6-7-13-24/h2-5,8-11,14-16,18,24,28H,6-7,12-13,17,19-20H2,1H3,(H,34,38)/t28-/m1/s1. The summed E-state index contributed by atoms with van der Waals surface area (Å²) in [6.45, 7) is -0.919. The van der Waals surface area contributed by atoms with E-state index >= 15 is 0 Å². The molecule has 3 aromatic carbocycles. The van der Waals surface area contributed by atoms with Crippen LogP contribution in [0.4, 0.5) is 10.1 Å². The fraction of sp³-hybridized carbons (Fsp3) is 0.333. The number of halogens is 3. The first-order valence-corrected chi connectivity index (χ1v) is 15.9. The summed E-state index contributed by atoms with van der Waals surface area (Å²) in [4.78, 5) is 29.2. The second-order valence-electron chi connectivity index (χ2n) is 10.2. The summed E-state index contributed by atoms with van der Waals surface area (Å²) in [5.74, 6) is -1.62. The molecule has 2 amide bonds. The van der Waals surface area contributed by atoms with Crippen LogP contribution < -0.4 is 9.62 Å². The molecule has 218 valence electrons. The van der Waals surface area contributed by atoms with E-state index in [1.54, 1.807) is 6.07 Å². The molecule has 1 aliphatic carbocycles. The summed E-state index contributed by atoms with van der Waals surface area (Å²) in [7, 11) is -4.02. The fourth-order valence-corrected chi connectivity index (χ4v) is 6.29. The number of benzene rings is 3. The molecule has 0 radical (unpaired) electrons. The van der Waals surface area contributed by atoms with Crippen LogP contribution in [-0.4, -0.2) is 50.0 Å². The van der Waals surface area contributed by atoms with Crippen molar-refractivity contribution in [2.75, 3.05) is 17.1 Å². The normalized spacial score (nSPS) is 14.4. The molecule has 0 bridgehead atoms. The van der Waals surface area contributed by atoms with Gasteiger partial charge >= 0.3 is 0 Å². The number of rotatable bonds is 11. The molecule has 0 saturated heterocycles. The van der Waals surface area contributed by atoms with E-state index in [9.17, 15) is 22.4 Å². The van der Waals surface area contributed by atoms with Crippen molar-refractivity contribution >= 4 is 50.7 Å². The predicted molar refractivity (Wildman–Crippen MR) is 160 cm³/mol. The molecule has 1 aliphatic rings. The Hall–Kier alpha value is -3.14. The highest BCUT2D eigenvalue weighted by Gasteiger charge is 2.35. The van der Waals surface area contributed by atoms with Crippen molar-refractivity contribution < 1.29 is 22.4 Å². The number of sulfonamides is 1. The second kappa shape index (κ2) is 13.7. The third-order valence-electron chi connectivity index (χ3n) is 7.13. The zero-order valence-corrected chi connectivity index (χ0v) is 24.9. The van der Waals surface area contributed by atoms with Crippen molar-refractivity contribution in [3.8, 4) is 0 Å². The number of nitrogens with one attached hydrogen (secondary N) is 1. The summed E-state index contributed by atoms with van der Waals surface area (Å²) in [5, 5.41) is 3.38. The average Bonchev–Trinajstić information content (AvgIpc) is 3.44. The van der Waals surface area contributed by atoms with Gasteiger partial charge in [-0.25, -0.2) is 12.8 Å². The second-order valence-corrected chi connectivity index (χ2v) is 12.9. The lowest BCUT2D eigenvalue weighted by Gasteiger charge is -2.34. The molecular weight excluding hydrogens is 588 g/mol. The average molecular weight is 621 g/mol. The number of carbonyl (C=O) groups is 2. The van der Waals surface area contributed by atoms with Gasteiger partial charge in [0.15, 0.2) is 0 Å². The molecular formula is C30H32Cl2FN3O4S. The van der Waals surface area contributed by atoms with Crippen LogP contribution in [0.25, 0.3) is 0 Å². The van der Waals surface area contributed by atoms with Gasteiger partial charge in [-0.15, -0.1) is 0 Å². The Kier molecular flexibility index (Phi) is 10.3. The van der Waals surface area contributed by atoms with Gasteiger partial charge in [0.25, 0.3) is 0 Å². The molecule has 3 aromatic rings. The van der Waals surface area contributed by atoms with Crippen LogP contribution in [0.3, 0.4) is 0 Å². The third kappa shape index (κ3) is 8.21. The molecule has 4 rings (SSSR count). The van der Waals surface area contributed by atoms with Crippen molar-refractivity contribution in [3.63, 3.8) is 0 Å². The van der Waals surface area contributed by atoms with Crippen LogP contribution in [0.2, 0.25) is 10.0 Å². The summed E-state index contributed by atoms with van der Waals surface area (Å²) in [6, 6.07) is 18.4. The smallest absolute Gasteiger partial charge is 0.244 e. The molecule has 1 N–H and O–H groups in total. The van der Waals surface area contributed by atoms with Gasteiger partial charge in [0.05, 0.1) is 17.0 Å². The minimum atomic E-state index is -4.02. The minimum Gasteiger partial charge on any atom is -0.352 e. The lowest BCUT2D eigenvalue weighted by molar-refractivity contribution is -0.140. The maximum atomic E-state index is 14.9. The van der Waals surface area contributed by atoms with Gasteiger partial charge in [-0.3, -0.25) is 13.9 Å². The highest BCUT2D eigenvalue weighted by Crippen LogP contribution is 2.31. The molecule has 0 aliphatic heterocycles. The molecule has 11 heteroatoms. The molecule has 7 nitrogen and oxygen atoms in total. The monoisotopic (exact) mass is 619 g/mol. The summed E-state index contributed by atoms with van der Waals surface area (Å²) in [6.07, 6.45) is 4.76. The SMILES string of the molecule is CS(=O)(=O)N(CC(=O)N(Cc1ccccc1F)[C@H](Cc1ccccc1)C(=O)NC1CCCC1)c1cc(Cl)ccc1Cl. The Labute approximate surface area is 250 Å². The first-order chi connectivity index (χ1) is 19.5. The van der Waals surface area contributed by atoms with Crippen LogP contribution in [0.1, 0.15) is 36.8 Å². The van der Waals surface area contributed by atoms with Crippen molar-refractivity contribution in [3.05, 3.63) is 99.8 Å². The molecule has 1 atom stereocenters. The summed E-state index contributed by atoms with van der Waals surface area (Å²) < 4.78 is 41.5. The van der Waals surface area contributed by atoms with E-state index in [1.165, 1.54) is 41.3 Å². The number of anilines is 1. The van der Waals surface area contributed by atoms with E-state index in [0.29, 0.717) is 0 Å². The quantitative estimate of drug-likeness (QED) is 0.303. The molecule has 0 heterocycles. The molecule has 1 saturated carbocycles. The molecule has 0 spiro atoms. The summed E-state index contributed by atoms with van der Waals surface area (Å²) in [5.41, 5.74) is 1.01. The lowest BCUT2D eigenvalue weighted by Crippen LogP contribution is -2.54. The maximum Gasteiger partial charge on any atom is 0.244 e. The van der Waals surface area contributed by atoms with Crippen LogP contribution >= 0.6 is 23.2 Å². The topological polar surface area (TPSA) is 86.8 Å². The summed E-state index contributed by atoms with van der Waals surface area (Å²) >= 11 is 12.5. The number of hydrogen-bond acceptors (Lipinski definition) is 4. The first kappa shape index (κ1) is 30.8. The van der Waals surface area contributed by atoms with E-state index in [1.807, 2.05) is 30.3 Å². The van der Waals surface area contributed by atoms with E-state index < -0.39 is 34.3 Å². The van der Waals surface area contributed by atoms with Gasteiger partial charge in [0, 0.05) is 29.6 Å². The first-order valence-electron chi connectivity index (χ1n) is 13.3. The molecule has 41 heavy (non-hydrogen) atoms. The van der Waals surface area contributed by atoms with Crippen LogP contribution in [-0.2, 0) is 32.6 Å². The Morgan fingerprint density at radius 3 is 2.32 bits per heavy atom. The Morgan fingerprint density at radius 1 is 1.00 bits per heavy atom. The minimum absolute atomic E-state index is 0.0240. The Bertz CT molecular complexity index is 1480. The number of amides is 2. The van der Waals surface area contributed by atoms with E-state index in [4.69, 9.17) is 23.2 Å². The van der Waals surface area contributed by atoms with E-state index in [2.05, 4.69) is 5.32 Å². The van der Waals surface area contributed by atoms with Gasteiger partial charge < -0.3 is 10.2 Å². The van der Waals surface area contributed by atoms with Crippen molar-refractivity contribution in [1.82, 2.24) is 10.2 Å². The Balaban J connectivity index is 1.75. The van der Waals surface area contributed by atoms with Gasteiger partial charge in [0.2, 0.25) is 21.8 Å². The highest BCUT2D eigenvalue weighted by molar-refractivity contribution is 7.92. The molecule has 1 fully saturated rings. The van der Waals surface area contributed by atoms with Gasteiger partial charge in [-0.05, 0) is 42.7 Å². The number of hydrogen-bond donors (Lipinski definition) is 1. The van der Waals surface area contributed by atoms with Gasteiger partial charge in [0.1, 0.15) is 18.4 Å². The van der Waals surface area contributed by atoms with E-state index in [0.717, 1.165) is 41.8 Å².